The molecule has 1 aliphatic heterocycles. The number of methoxy groups -OCH3 is 1. The van der Waals surface area contributed by atoms with E-state index in [0.29, 0.717) is 31.6 Å². The summed E-state index contributed by atoms with van der Waals surface area (Å²) >= 11 is 0. The molecule has 7 nitrogen and oxygen atoms in total. The predicted octanol–water partition coefficient (Wildman–Crippen LogP) is 3.32. The van der Waals surface area contributed by atoms with Gasteiger partial charge in [-0.1, -0.05) is 12.1 Å². The summed E-state index contributed by atoms with van der Waals surface area (Å²) in [7, 11) is 3.39. The zero-order valence-corrected chi connectivity index (χ0v) is 19.5. The highest BCUT2D eigenvalue weighted by Crippen LogP contribution is 2.59. The second-order valence-corrected chi connectivity index (χ2v) is 9.38. The number of amides is 2. The third-order valence-corrected chi connectivity index (χ3v) is 7.48. The van der Waals surface area contributed by atoms with Gasteiger partial charge in [0.1, 0.15) is 5.82 Å². The van der Waals surface area contributed by atoms with Gasteiger partial charge >= 0.3 is 0 Å². The van der Waals surface area contributed by atoms with Crippen LogP contribution in [0.5, 0.6) is 5.75 Å². The molecule has 1 saturated carbocycles. The maximum Gasteiger partial charge on any atom is 0.253 e. The molecule has 1 spiro atoms. The molecular weight excluding hydrogens is 435 g/mol. The number of hydrogen-bond donors (Lipinski definition) is 1. The largest absolute Gasteiger partial charge is 0.494 e. The molecule has 34 heavy (non-hydrogen) atoms. The van der Waals surface area contributed by atoms with E-state index in [9.17, 15) is 14.0 Å². The Morgan fingerprint density at radius 1 is 1.21 bits per heavy atom. The van der Waals surface area contributed by atoms with E-state index >= 15 is 0 Å². The Kier molecular flexibility index (Phi) is 5.75. The maximum atomic E-state index is 14.0. The quantitative estimate of drug-likeness (QED) is 0.607. The SMILES string of the molecule is COc1ccc(C(=O)N2CCC3(CC2)C[C@@H]3C(=O)NCCc2nc3ccccc3n2C)cc1F. The normalized spacial score (nSPS) is 18.8. The Hall–Kier alpha value is -3.42. The van der Waals surface area contributed by atoms with E-state index in [4.69, 9.17) is 4.74 Å². The van der Waals surface area contributed by atoms with Crippen LogP contribution < -0.4 is 10.1 Å². The minimum Gasteiger partial charge on any atom is -0.494 e. The lowest BCUT2D eigenvalue weighted by atomic mass is 9.90. The molecule has 1 atom stereocenters. The number of aromatic nitrogens is 2. The van der Waals surface area contributed by atoms with Crippen LogP contribution in [0.15, 0.2) is 42.5 Å². The van der Waals surface area contributed by atoms with E-state index in [-0.39, 0.29) is 28.9 Å². The molecule has 5 rings (SSSR count). The summed E-state index contributed by atoms with van der Waals surface area (Å²) in [6.07, 6.45) is 3.13. The van der Waals surface area contributed by atoms with Crippen molar-refractivity contribution in [2.75, 3.05) is 26.7 Å². The second kappa shape index (κ2) is 8.74. The fourth-order valence-corrected chi connectivity index (χ4v) is 5.25. The van der Waals surface area contributed by atoms with E-state index in [0.717, 1.165) is 36.1 Å². The molecule has 2 aromatic carbocycles. The number of imidazole rings is 1. The number of fused-ring (bicyclic) bond motifs is 1. The van der Waals surface area contributed by atoms with Crippen LogP contribution in [0.1, 0.15) is 35.4 Å². The molecule has 0 bridgehead atoms. The third-order valence-electron chi connectivity index (χ3n) is 7.48. The lowest BCUT2D eigenvalue weighted by Gasteiger charge is -2.33. The van der Waals surface area contributed by atoms with Crippen molar-refractivity contribution in [3.8, 4) is 5.75 Å². The highest BCUT2D eigenvalue weighted by Gasteiger charge is 2.58. The van der Waals surface area contributed by atoms with Crippen LogP contribution in [-0.4, -0.2) is 53.0 Å². The zero-order valence-electron chi connectivity index (χ0n) is 19.5. The van der Waals surface area contributed by atoms with Crippen molar-refractivity contribution in [1.82, 2.24) is 19.8 Å². The van der Waals surface area contributed by atoms with Gasteiger partial charge in [-0.2, -0.15) is 0 Å². The lowest BCUT2D eigenvalue weighted by molar-refractivity contribution is -0.123. The Morgan fingerprint density at radius 2 is 1.97 bits per heavy atom. The van der Waals surface area contributed by atoms with Crippen molar-refractivity contribution in [2.24, 2.45) is 18.4 Å². The Labute approximate surface area is 197 Å². The number of carbonyl (C=O) groups is 2. The summed E-state index contributed by atoms with van der Waals surface area (Å²) in [5.74, 6) is 0.449. The van der Waals surface area contributed by atoms with Crippen LogP contribution in [0.3, 0.4) is 0 Å². The zero-order chi connectivity index (χ0) is 23.9. The van der Waals surface area contributed by atoms with Crippen molar-refractivity contribution >= 4 is 22.8 Å². The molecule has 2 aliphatic rings. The van der Waals surface area contributed by atoms with Crippen LogP contribution in [0, 0.1) is 17.2 Å². The van der Waals surface area contributed by atoms with Crippen molar-refractivity contribution < 1.29 is 18.7 Å². The predicted molar refractivity (Wildman–Crippen MR) is 126 cm³/mol. The van der Waals surface area contributed by atoms with Crippen LogP contribution in [0.4, 0.5) is 4.39 Å². The molecule has 0 radical (unpaired) electrons. The minimum absolute atomic E-state index is 0.00336. The number of aryl methyl sites for hydroxylation is 1. The van der Waals surface area contributed by atoms with E-state index in [1.807, 2.05) is 31.3 Å². The molecule has 2 fully saturated rings. The van der Waals surface area contributed by atoms with Crippen LogP contribution in [0.2, 0.25) is 0 Å². The monoisotopic (exact) mass is 464 g/mol. The molecule has 1 aromatic heterocycles. The fourth-order valence-electron chi connectivity index (χ4n) is 5.25. The summed E-state index contributed by atoms with van der Waals surface area (Å²) in [5.41, 5.74) is 2.36. The van der Waals surface area contributed by atoms with Crippen molar-refractivity contribution in [2.45, 2.75) is 25.7 Å². The van der Waals surface area contributed by atoms with Gasteiger partial charge in [0.05, 0.1) is 18.1 Å². The van der Waals surface area contributed by atoms with Gasteiger partial charge in [-0.15, -0.1) is 0 Å². The molecule has 1 saturated heterocycles. The van der Waals surface area contributed by atoms with Crippen molar-refractivity contribution in [3.05, 3.63) is 59.7 Å². The topological polar surface area (TPSA) is 76.5 Å². The van der Waals surface area contributed by atoms with Gasteiger partial charge < -0.3 is 19.5 Å². The van der Waals surface area contributed by atoms with E-state index in [2.05, 4.69) is 14.9 Å². The average Bonchev–Trinajstić information content (AvgIpc) is 3.46. The van der Waals surface area contributed by atoms with Crippen molar-refractivity contribution in [3.63, 3.8) is 0 Å². The van der Waals surface area contributed by atoms with Gasteiger partial charge in [-0.05, 0) is 55.0 Å². The van der Waals surface area contributed by atoms with E-state index in [1.54, 1.807) is 11.0 Å². The van der Waals surface area contributed by atoms with Crippen LogP contribution in [-0.2, 0) is 18.3 Å². The first-order valence-electron chi connectivity index (χ1n) is 11.7. The average molecular weight is 465 g/mol. The first-order chi connectivity index (χ1) is 16.4. The lowest BCUT2D eigenvalue weighted by Crippen LogP contribution is -2.40. The summed E-state index contributed by atoms with van der Waals surface area (Å²) in [4.78, 5) is 32.0. The summed E-state index contributed by atoms with van der Waals surface area (Å²) in [5, 5.41) is 3.09. The molecular formula is C26H29FN4O3. The van der Waals surface area contributed by atoms with E-state index in [1.165, 1.54) is 19.2 Å². The Bertz CT molecular complexity index is 1250. The van der Waals surface area contributed by atoms with Crippen LogP contribution in [0.25, 0.3) is 11.0 Å². The first-order valence-corrected chi connectivity index (χ1v) is 11.7. The van der Waals surface area contributed by atoms with Crippen molar-refractivity contribution in [1.29, 1.82) is 0 Å². The molecule has 0 unspecified atom stereocenters. The molecule has 1 aliphatic carbocycles. The molecule has 178 valence electrons. The summed E-state index contributed by atoms with van der Waals surface area (Å²) < 4.78 is 21.0. The van der Waals surface area contributed by atoms with Gasteiger partial charge in [-0.25, -0.2) is 9.37 Å². The number of piperidine rings is 1. The first kappa shape index (κ1) is 22.4. The minimum atomic E-state index is -0.542. The number of hydrogen-bond acceptors (Lipinski definition) is 4. The highest BCUT2D eigenvalue weighted by molar-refractivity contribution is 5.94. The number of carbonyl (C=O) groups excluding carboxylic acids is 2. The molecule has 3 aromatic rings. The number of likely N-dealkylation sites (tertiary alicyclic amines) is 1. The van der Waals surface area contributed by atoms with Gasteiger partial charge in [0.2, 0.25) is 5.91 Å². The number of rotatable bonds is 6. The third kappa shape index (κ3) is 4.02. The summed E-state index contributed by atoms with van der Waals surface area (Å²) in [6.45, 7) is 1.71. The van der Waals surface area contributed by atoms with Gasteiger partial charge in [0, 0.05) is 44.6 Å². The Balaban J connectivity index is 1.11. The molecule has 1 N–H and O–H groups in total. The number of halogens is 1. The molecule has 2 heterocycles. The Morgan fingerprint density at radius 3 is 2.68 bits per heavy atom. The molecule has 2 amide bonds. The summed E-state index contributed by atoms with van der Waals surface area (Å²) in [6, 6.07) is 12.3. The maximum absolute atomic E-state index is 14.0. The number of para-hydroxylation sites is 2. The van der Waals surface area contributed by atoms with Crippen LogP contribution >= 0.6 is 0 Å². The van der Waals surface area contributed by atoms with Gasteiger partial charge in [0.25, 0.3) is 5.91 Å². The second-order valence-electron chi connectivity index (χ2n) is 9.38. The smallest absolute Gasteiger partial charge is 0.253 e. The number of nitrogens with zero attached hydrogens (tertiary/aromatic N) is 3. The van der Waals surface area contributed by atoms with Gasteiger partial charge in [0.15, 0.2) is 11.6 Å². The number of nitrogens with one attached hydrogen (secondary N) is 1. The van der Waals surface area contributed by atoms with Gasteiger partial charge in [-0.3, -0.25) is 9.59 Å². The highest BCUT2D eigenvalue weighted by atomic mass is 19.1. The number of benzene rings is 2. The van der Waals surface area contributed by atoms with E-state index < -0.39 is 5.82 Å². The molecule has 8 heteroatoms. The number of ether oxygens (including phenoxy) is 1. The fraction of sp³-hybridized carbons (Fsp3) is 0.423. The standard InChI is InChI=1S/C26H29FN4O3/c1-30-21-6-4-3-5-20(21)29-23(30)9-12-28-24(32)18-16-26(18)10-13-31(14-11-26)25(33)17-7-8-22(34-2)19(27)15-17/h3-8,15,18H,9-14,16H2,1-2H3,(H,28,32)/t18-/m1/s1.